The van der Waals surface area contributed by atoms with Gasteiger partial charge in [0.25, 0.3) is 0 Å². The first-order valence-corrected chi connectivity index (χ1v) is 9.93. The molecule has 6 rings (SSSR count). The topological polar surface area (TPSA) is 64.9 Å². The van der Waals surface area contributed by atoms with Crippen LogP contribution in [-0.2, 0) is 0 Å². The molecule has 0 saturated heterocycles. The van der Waals surface area contributed by atoms with E-state index in [2.05, 4.69) is 63.7 Å². The van der Waals surface area contributed by atoms with E-state index >= 15 is 0 Å². The summed E-state index contributed by atoms with van der Waals surface area (Å²) in [4.78, 5) is 8.82. The highest BCUT2D eigenvalue weighted by atomic mass is 16.5. The second kappa shape index (κ2) is 6.56. The van der Waals surface area contributed by atoms with Crippen LogP contribution in [0, 0.1) is 6.92 Å². The molecule has 6 heteroatoms. The molecule has 30 heavy (non-hydrogen) atoms. The van der Waals surface area contributed by atoms with Gasteiger partial charge < -0.3 is 10.1 Å². The van der Waals surface area contributed by atoms with Crippen LogP contribution in [0.4, 0.5) is 5.95 Å². The van der Waals surface area contributed by atoms with E-state index in [0.29, 0.717) is 5.95 Å². The maximum atomic E-state index is 6.61. The lowest BCUT2D eigenvalue weighted by atomic mass is 9.85. The van der Waals surface area contributed by atoms with E-state index in [4.69, 9.17) is 4.74 Å². The number of benzene rings is 2. The Morgan fingerprint density at radius 2 is 1.90 bits per heavy atom. The van der Waals surface area contributed by atoms with Gasteiger partial charge in [-0.2, -0.15) is 10.1 Å². The molecule has 0 radical (unpaired) electrons. The first kappa shape index (κ1) is 17.0. The number of aryl methyl sites for hydroxylation is 1. The molecule has 4 aromatic rings. The summed E-state index contributed by atoms with van der Waals surface area (Å²) >= 11 is 0. The molecular formula is C24H19N5O. The zero-order valence-corrected chi connectivity index (χ0v) is 16.4. The first-order chi connectivity index (χ1) is 14.8. The van der Waals surface area contributed by atoms with Crippen LogP contribution < -0.4 is 10.1 Å². The van der Waals surface area contributed by atoms with Crippen molar-refractivity contribution in [3.63, 3.8) is 0 Å². The van der Waals surface area contributed by atoms with Gasteiger partial charge in [-0.3, -0.25) is 4.98 Å². The van der Waals surface area contributed by atoms with Crippen LogP contribution in [0.5, 0.6) is 5.75 Å². The minimum Gasteiger partial charge on any atom is -0.480 e. The van der Waals surface area contributed by atoms with Crippen molar-refractivity contribution >= 4 is 11.6 Å². The average Bonchev–Trinajstić information content (AvgIpc) is 3.26. The molecule has 2 unspecified atom stereocenters. The van der Waals surface area contributed by atoms with Crippen molar-refractivity contribution in [3.05, 3.63) is 107 Å². The van der Waals surface area contributed by atoms with Gasteiger partial charge in [0.05, 0.1) is 5.70 Å². The maximum Gasteiger partial charge on any atom is 0.226 e. The summed E-state index contributed by atoms with van der Waals surface area (Å²) in [5, 5.41) is 8.05. The molecule has 0 amide bonds. The smallest absolute Gasteiger partial charge is 0.226 e. The van der Waals surface area contributed by atoms with E-state index in [-0.39, 0.29) is 12.1 Å². The first-order valence-electron chi connectivity index (χ1n) is 9.93. The predicted octanol–water partition coefficient (Wildman–Crippen LogP) is 4.54. The predicted molar refractivity (Wildman–Crippen MR) is 114 cm³/mol. The second-order valence-electron chi connectivity index (χ2n) is 7.58. The van der Waals surface area contributed by atoms with Gasteiger partial charge in [-0.05, 0) is 36.2 Å². The van der Waals surface area contributed by atoms with Crippen molar-refractivity contribution in [1.82, 2.24) is 19.7 Å². The van der Waals surface area contributed by atoms with E-state index < -0.39 is 0 Å². The molecule has 0 bridgehead atoms. The van der Waals surface area contributed by atoms with E-state index in [1.807, 2.05) is 35.1 Å². The normalized spacial score (nSPS) is 19.2. The van der Waals surface area contributed by atoms with Crippen LogP contribution in [-0.4, -0.2) is 19.7 Å². The van der Waals surface area contributed by atoms with Gasteiger partial charge in [-0.15, -0.1) is 0 Å². The molecular weight excluding hydrogens is 374 g/mol. The number of rotatable bonds is 2. The molecule has 0 fully saturated rings. The van der Waals surface area contributed by atoms with Crippen LogP contribution in [0.25, 0.3) is 5.70 Å². The van der Waals surface area contributed by atoms with Crippen LogP contribution in [0.15, 0.2) is 85.0 Å². The number of fused-ring (bicyclic) bond motifs is 3. The number of pyridine rings is 1. The third-order valence-electron chi connectivity index (χ3n) is 5.67. The fourth-order valence-corrected chi connectivity index (χ4v) is 4.38. The van der Waals surface area contributed by atoms with Gasteiger partial charge in [0.15, 0.2) is 0 Å². The Kier molecular flexibility index (Phi) is 3.71. The molecule has 2 aliphatic heterocycles. The third-order valence-corrected chi connectivity index (χ3v) is 5.67. The molecule has 2 aromatic carbocycles. The van der Waals surface area contributed by atoms with Crippen molar-refractivity contribution in [2.75, 3.05) is 5.32 Å². The van der Waals surface area contributed by atoms with Crippen molar-refractivity contribution in [2.45, 2.75) is 19.1 Å². The molecule has 2 aromatic heterocycles. The lowest BCUT2D eigenvalue weighted by Crippen LogP contribution is -2.32. The molecule has 146 valence electrons. The zero-order valence-electron chi connectivity index (χ0n) is 16.4. The maximum absolute atomic E-state index is 6.61. The van der Waals surface area contributed by atoms with E-state index in [0.717, 1.165) is 33.7 Å². The summed E-state index contributed by atoms with van der Waals surface area (Å²) in [7, 11) is 0. The third kappa shape index (κ3) is 2.54. The number of anilines is 1. The number of aromatic nitrogens is 4. The molecule has 6 nitrogen and oxygen atoms in total. The Hall–Kier alpha value is -3.93. The number of hydrogen-bond donors (Lipinski definition) is 1. The minimum atomic E-state index is -0.259. The summed E-state index contributed by atoms with van der Waals surface area (Å²) in [6, 6.07) is 20.5. The quantitative estimate of drug-likeness (QED) is 0.542. The van der Waals surface area contributed by atoms with Gasteiger partial charge >= 0.3 is 0 Å². The molecule has 0 aliphatic carbocycles. The number of para-hydroxylation sites is 1. The van der Waals surface area contributed by atoms with Gasteiger partial charge in [-0.1, -0.05) is 48.0 Å². The lowest BCUT2D eigenvalue weighted by molar-refractivity contribution is 0.223. The molecule has 2 atom stereocenters. The molecule has 0 spiro atoms. The lowest BCUT2D eigenvalue weighted by Gasteiger charge is -2.38. The highest BCUT2D eigenvalue weighted by Crippen LogP contribution is 2.50. The minimum absolute atomic E-state index is 0.175. The van der Waals surface area contributed by atoms with Gasteiger partial charge in [-0.25, -0.2) is 4.68 Å². The molecule has 1 N–H and O–H groups in total. The van der Waals surface area contributed by atoms with E-state index in [9.17, 15) is 0 Å². The van der Waals surface area contributed by atoms with Crippen molar-refractivity contribution in [2.24, 2.45) is 0 Å². The fraction of sp³-hybridized carbons (Fsp3) is 0.125. The largest absolute Gasteiger partial charge is 0.480 e. The Morgan fingerprint density at radius 1 is 1.00 bits per heavy atom. The van der Waals surface area contributed by atoms with Crippen LogP contribution >= 0.6 is 0 Å². The number of hydrogen-bond acceptors (Lipinski definition) is 5. The summed E-state index contributed by atoms with van der Waals surface area (Å²) in [6.07, 6.45) is 5.00. The fourth-order valence-electron chi connectivity index (χ4n) is 4.38. The summed E-state index contributed by atoms with van der Waals surface area (Å²) in [5.41, 5.74) is 6.50. The van der Waals surface area contributed by atoms with Crippen molar-refractivity contribution < 1.29 is 4.74 Å². The highest BCUT2D eigenvalue weighted by molar-refractivity contribution is 5.85. The van der Waals surface area contributed by atoms with Gasteiger partial charge in [0, 0.05) is 23.5 Å². The Morgan fingerprint density at radius 3 is 2.77 bits per heavy atom. The average molecular weight is 393 g/mol. The van der Waals surface area contributed by atoms with Crippen LogP contribution in [0.1, 0.15) is 34.4 Å². The van der Waals surface area contributed by atoms with E-state index in [1.165, 1.54) is 5.56 Å². The van der Waals surface area contributed by atoms with Gasteiger partial charge in [0.1, 0.15) is 24.2 Å². The monoisotopic (exact) mass is 393 g/mol. The van der Waals surface area contributed by atoms with Crippen molar-refractivity contribution in [1.29, 1.82) is 0 Å². The zero-order chi connectivity index (χ0) is 20.1. The number of nitrogens with one attached hydrogen (secondary N) is 1. The molecule has 0 saturated carbocycles. The Labute approximate surface area is 173 Å². The SMILES string of the molecule is Cc1cccc(C2Oc3ccccc3C3=C2C(c2cccnc2)n2ncnc2N3)c1. The Bertz CT molecular complexity index is 1280. The second-order valence-corrected chi connectivity index (χ2v) is 7.58. The number of ether oxygens (including phenoxy) is 1. The van der Waals surface area contributed by atoms with E-state index in [1.54, 1.807) is 12.5 Å². The van der Waals surface area contributed by atoms with Crippen LogP contribution in [0.2, 0.25) is 0 Å². The standard InChI is InChI=1S/C24H19N5O/c1-15-6-4-7-16(12-15)23-20-21(18-9-2-3-10-19(18)30-23)28-24-26-14-27-29(24)22(20)17-8-5-11-25-13-17/h2-14,22-23H,1H3,(H,26,27,28). The summed E-state index contributed by atoms with van der Waals surface area (Å²) < 4.78 is 8.52. The van der Waals surface area contributed by atoms with Crippen molar-refractivity contribution in [3.8, 4) is 5.75 Å². The molecule has 4 heterocycles. The molecule has 2 aliphatic rings. The summed E-state index contributed by atoms with van der Waals surface area (Å²) in [5.74, 6) is 1.57. The number of nitrogens with zero attached hydrogens (tertiary/aromatic N) is 4. The highest BCUT2D eigenvalue weighted by Gasteiger charge is 2.40. The van der Waals surface area contributed by atoms with Gasteiger partial charge in [0.2, 0.25) is 5.95 Å². The summed E-state index contributed by atoms with van der Waals surface area (Å²) in [6.45, 7) is 2.10. The Balaban J connectivity index is 1.64. The van der Waals surface area contributed by atoms with Crippen LogP contribution in [0.3, 0.4) is 0 Å².